The zero-order chi connectivity index (χ0) is 3.58. The van der Waals surface area contributed by atoms with Crippen LogP contribution >= 0.6 is 51.8 Å². The molecule has 0 aromatic carbocycles. The van der Waals surface area contributed by atoms with Crippen molar-refractivity contribution in [3.63, 3.8) is 0 Å². The van der Waals surface area contributed by atoms with E-state index in [2.05, 4.69) is 51.8 Å². The van der Waals surface area contributed by atoms with Crippen molar-refractivity contribution in [2.75, 3.05) is 0 Å². The van der Waals surface area contributed by atoms with Gasteiger partial charge in [-0.05, 0) is 0 Å². The Hall–Kier alpha value is 3.18. The third-order valence-corrected chi connectivity index (χ3v) is 0. The van der Waals surface area contributed by atoms with Crippen molar-refractivity contribution in [2.45, 2.75) is 0 Å². The molecule has 0 amide bonds. The summed E-state index contributed by atoms with van der Waals surface area (Å²) in [4.78, 5) is 0. The summed E-state index contributed by atoms with van der Waals surface area (Å²) in [6, 6.07) is 0. The molecule has 0 nitrogen and oxygen atoms in total. The molecule has 0 saturated carbocycles. The Morgan fingerprint density at radius 3 is 1.00 bits per heavy atom. The maximum atomic E-state index is 2.53. The van der Waals surface area contributed by atoms with Crippen LogP contribution < -0.4 is 0 Å². The summed E-state index contributed by atoms with van der Waals surface area (Å²) in [5.74, 6) is 0. The van der Waals surface area contributed by atoms with Gasteiger partial charge in [-0.25, -0.2) is 0 Å². The van der Waals surface area contributed by atoms with Gasteiger partial charge in [0.15, 0.2) is 0 Å². The van der Waals surface area contributed by atoms with Gasteiger partial charge in [-0.3, -0.25) is 0 Å². The third-order valence-electron chi connectivity index (χ3n) is 0. The average molecular weight is 625 g/mol. The Morgan fingerprint density at radius 2 is 1.00 bits per heavy atom. The van der Waals surface area contributed by atoms with Crippen LogP contribution in [0.5, 0.6) is 0 Å². The molecule has 0 aliphatic heterocycles. The van der Waals surface area contributed by atoms with Crippen molar-refractivity contribution in [1.29, 1.82) is 0 Å². The molecule has 4 heavy (non-hydrogen) atoms. The Kier molecular flexibility index (Phi) is 7.79. The van der Waals surface area contributed by atoms with Gasteiger partial charge in [-0.2, -0.15) is 0 Å². The first-order chi connectivity index (χ1) is 1.73. The molecule has 0 radical (unpaired) electrons. The number of hydrogen-bond donors (Lipinski definition) is 0. The van der Waals surface area contributed by atoms with Crippen molar-refractivity contribution in [3.8, 4) is 0 Å². The molecule has 0 heterocycles. The minimum atomic E-state index is -0.721. The fourth-order valence-electron chi connectivity index (χ4n) is 0. The number of rotatable bonds is 0. The summed E-state index contributed by atoms with van der Waals surface area (Å²) in [6.45, 7) is 0. The minimum absolute atomic E-state index is 0.721. The molecule has 0 aromatic rings. The first-order valence-electron chi connectivity index (χ1n) is 0.463. The van der Waals surface area contributed by atoms with E-state index in [1.807, 2.05) is 0 Å². The van der Waals surface area contributed by atoms with Gasteiger partial charge in [-0.1, -0.05) is 0 Å². The molecule has 0 rings (SSSR count). The number of halogens is 3. The summed E-state index contributed by atoms with van der Waals surface area (Å²) < 4.78 is 0. The van der Waals surface area contributed by atoms with E-state index >= 15 is 0 Å². The van der Waals surface area contributed by atoms with Crippen LogP contribution in [0.2, 0.25) is 0 Å². The summed E-state index contributed by atoms with van der Waals surface area (Å²) >= 11 is 7.58. The molecule has 27 valence electrons. The molecule has 0 aromatic heterocycles. The van der Waals surface area contributed by atoms with Gasteiger partial charge in [0.05, 0.1) is 0 Å². The Morgan fingerprint density at radius 1 is 1.00 bits per heavy atom. The summed E-state index contributed by atoms with van der Waals surface area (Å²) in [6.07, 6.45) is 0. The van der Waals surface area contributed by atoms with Crippen molar-refractivity contribution >= 4 is 51.8 Å². The van der Waals surface area contributed by atoms with E-state index in [-0.39, 0.29) is 0 Å². The van der Waals surface area contributed by atoms with Gasteiger partial charge >= 0.3 is 62.8 Å². The zero-order valence-electron chi connectivity index (χ0n) is 1.54. The molecule has 0 atom stereocenters. The predicted octanol–water partition coefficient (Wildman–Crippen LogP) is 2.66. The van der Waals surface area contributed by atoms with Crippen LogP contribution in [-0.2, 0) is 0 Å². The van der Waals surface area contributed by atoms with Crippen molar-refractivity contribution in [3.05, 3.63) is 0 Å². The molecule has 0 unspecified atom stereocenters. The predicted molar refractivity (Wildman–Crippen MR) is 42.1 cm³/mol. The van der Waals surface area contributed by atoms with E-state index in [0.29, 0.717) is 0 Å². The summed E-state index contributed by atoms with van der Waals surface area (Å²) in [5.41, 5.74) is 0. The van der Waals surface area contributed by atoms with Crippen LogP contribution in [0.1, 0.15) is 0 Å². The van der Waals surface area contributed by atoms with Gasteiger partial charge in [0.1, 0.15) is 0 Å². The fraction of sp³-hybridized carbons (Fsp3) is 0. The zero-order valence-corrected chi connectivity index (χ0v) is 11.4. The molecule has 0 bridgehead atoms. The van der Waals surface area contributed by atoms with Gasteiger partial charge in [0.2, 0.25) is 0 Å². The summed E-state index contributed by atoms with van der Waals surface area (Å²) in [5, 5.41) is 0. The second-order valence-electron chi connectivity index (χ2n) is 0.175. The van der Waals surface area contributed by atoms with Crippen LogP contribution in [0.3, 0.4) is 0 Å². The quantitative estimate of drug-likeness (QED) is 0.364. The SMILES string of the molecule is [I][Pu]([I])[I]. The standard InChI is InChI=1S/3HI.Pu/h3*1H;/q;;;+3/p-3. The second kappa shape index (κ2) is 4.34. The van der Waals surface area contributed by atoms with E-state index in [1.165, 1.54) is 0 Å². The Balaban J connectivity index is 2.32. The third kappa shape index (κ3) is 8.95. The maximum absolute atomic E-state index is 2.53. The number of hydrogen-bond acceptors (Lipinski definition) is 0. The summed E-state index contributed by atoms with van der Waals surface area (Å²) in [7, 11) is -0.721. The molecular weight excluding hydrogens is 625 g/mol. The fourth-order valence-corrected chi connectivity index (χ4v) is 0. The first kappa shape index (κ1) is 7.18. The Labute approximate surface area is 60.5 Å². The van der Waals surface area contributed by atoms with Crippen molar-refractivity contribution in [2.24, 2.45) is 0 Å². The molecule has 0 aliphatic carbocycles. The topological polar surface area (TPSA) is 0 Å². The van der Waals surface area contributed by atoms with Crippen LogP contribution in [0.4, 0.5) is 0 Å². The van der Waals surface area contributed by atoms with E-state index in [9.17, 15) is 0 Å². The average Bonchev–Trinajstić information content (AvgIpc) is 0.811. The molecule has 4 heteroatoms. The van der Waals surface area contributed by atoms with Crippen LogP contribution in [0.25, 0.3) is 0 Å². The monoisotopic (exact) mass is 619 g/mol. The molecule has 0 fully saturated rings. The van der Waals surface area contributed by atoms with E-state index in [0.717, 1.165) is 0 Å². The van der Waals surface area contributed by atoms with Crippen LogP contribution in [0, 0.1) is 10.9 Å². The van der Waals surface area contributed by atoms with Gasteiger partial charge in [-0.15, -0.1) is 0 Å². The van der Waals surface area contributed by atoms with E-state index in [4.69, 9.17) is 0 Å². The second-order valence-corrected chi connectivity index (χ2v) is 73.4. The normalized spacial score (nSPS) is 6.75. The van der Waals surface area contributed by atoms with Gasteiger partial charge in [0.25, 0.3) is 0 Å². The van der Waals surface area contributed by atoms with Crippen molar-refractivity contribution in [1.82, 2.24) is 0 Å². The van der Waals surface area contributed by atoms with E-state index in [1.54, 1.807) is 0 Å². The first-order valence-corrected chi connectivity index (χ1v) is 29.0. The van der Waals surface area contributed by atoms with Gasteiger partial charge in [0, 0.05) is 0 Å². The van der Waals surface area contributed by atoms with Crippen molar-refractivity contribution < 1.29 is 10.9 Å². The molecular formula is I3Pu. The molecule has 0 saturated heterocycles. The van der Waals surface area contributed by atoms with Crippen LogP contribution in [0.15, 0.2) is 0 Å². The molecule has 0 N–H and O–H groups in total. The molecule has 0 aliphatic rings. The molecule has 0 spiro atoms. The Bertz CT molecular complexity index is 8.00. The van der Waals surface area contributed by atoms with Crippen LogP contribution in [-0.4, -0.2) is 0 Å². The van der Waals surface area contributed by atoms with E-state index < -0.39 is 10.9 Å². The van der Waals surface area contributed by atoms with Gasteiger partial charge < -0.3 is 0 Å².